The van der Waals surface area contributed by atoms with E-state index in [0.29, 0.717) is 33.9 Å². The van der Waals surface area contributed by atoms with Gasteiger partial charge in [-0.3, -0.25) is 9.36 Å². The lowest BCUT2D eigenvalue weighted by molar-refractivity contribution is -0.0298. The minimum absolute atomic E-state index is 0.0924. The summed E-state index contributed by atoms with van der Waals surface area (Å²) in [5, 5.41) is 15.6. The molecule has 5 heterocycles. The second-order valence-electron chi connectivity index (χ2n) is 9.85. The molecule has 1 aromatic carbocycles. The number of nitrogens with zero attached hydrogens (tertiary/aromatic N) is 7. The van der Waals surface area contributed by atoms with Crippen molar-refractivity contribution >= 4 is 34.3 Å². The number of carbonyl (C=O) groups excluding carboxylic acids is 1. The largest absolute Gasteiger partial charge is 0.358 e. The average Bonchev–Trinajstić information content (AvgIpc) is 3.44. The fourth-order valence-electron chi connectivity index (χ4n) is 4.82. The zero-order valence-corrected chi connectivity index (χ0v) is 22.6. The van der Waals surface area contributed by atoms with Crippen molar-refractivity contribution in [2.24, 2.45) is 0 Å². The van der Waals surface area contributed by atoms with Gasteiger partial charge in [0.25, 0.3) is 5.91 Å². The Bertz CT molecular complexity index is 1800. The first-order valence-electron chi connectivity index (χ1n) is 13.3. The van der Waals surface area contributed by atoms with Crippen LogP contribution in [0, 0.1) is 25.2 Å². The van der Waals surface area contributed by atoms with E-state index in [4.69, 9.17) is 4.74 Å². The van der Waals surface area contributed by atoms with E-state index in [-0.39, 0.29) is 17.6 Å². The van der Waals surface area contributed by atoms with Crippen molar-refractivity contribution in [1.82, 2.24) is 29.5 Å². The Balaban J connectivity index is 1.30. The molecule has 204 valence electrons. The van der Waals surface area contributed by atoms with Crippen LogP contribution in [0.3, 0.4) is 0 Å². The summed E-state index contributed by atoms with van der Waals surface area (Å²) in [6.45, 7) is 4.46. The Morgan fingerprint density at radius 3 is 2.78 bits per heavy atom. The van der Waals surface area contributed by atoms with Gasteiger partial charge in [-0.2, -0.15) is 5.26 Å². The van der Waals surface area contributed by atoms with Gasteiger partial charge in [-0.1, -0.05) is 12.1 Å². The van der Waals surface area contributed by atoms with E-state index in [1.54, 1.807) is 31.6 Å². The molecule has 4 aromatic heterocycles. The predicted molar refractivity (Wildman–Crippen MR) is 153 cm³/mol. The number of imidazole rings is 1. The van der Waals surface area contributed by atoms with Gasteiger partial charge in [0.15, 0.2) is 5.65 Å². The van der Waals surface area contributed by atoms with E-state index >= 15 is 0 Å². The molecule has 11 nitrogen and oxygen atoms in total. The molecule has 11 heteroatoms. The molecule has 41 heavy (non-hydrogen) atoms. The number of ether oxygens (including phenoxy) is 1. The van der Waals surface area contributed by atoms with Gasteiger partial charge < -0.3 is 15.4 Å². The molecule has 1 saturated heterocycles. The fraction of sp³-hybridized carbons (Fsp3) is 0.233. The number of hydrogen-bond donors (Lipinski definition) is 2. The van der Waals surface area contributed by atoms with Crippen molar-refractivity contribution in [3.8, 4) is 17.3 Å². The Kier molecular flexibility index (Phi) is 7.06. The summed E-state index contributed by atoms with van der Waals surface area (Å²) in [5.74, 6) is 0.178. The number of amides is 1. The van der Waals surface area contributed by atoms with Crippen LogP contribution in [0.15, 0.2) is 61.3 Å². The molecule has 1 aliphatic rings. The highest BCUT2D eigenvalue weighted by molar-refractivity contribution is 6.03. The van der Waals surface area contributed by atoms with Gasteiger partial charge in [0.1, 0.15) is 47.0 Å². The Hall–Kier alpha value is -5.21. The standard InChI is InChI=1S/C30H27N9O2/c1-18-8-10-20(36-30(40)22-11-9-19(2)24(15-31)37-22)14-23(18)38-28-21(6-5-12-32-28)26-27-29(34-16-33-26)39(17-35-27)25-7-3-4-13-41-25/h5-6,8-12,14,16-17,25H,3-4,7,13H2,1-2H3,(H,32,38)(H,36,40). The fourth-order valence-corrected chi connectivity index (χ4v) is 4.82. The maximum atomic E-state index is 12.9. The van der Waals surface area contributed by atoms with Crippen LogP contribution in [0.25, 0.3) is 22.4 Å². The summed E-state index contributed by atoms with van der Waals surface area (Å²) in [7, 11) is 0. The molecule has 1 amide bonds. The Morgan fingerprint density at radius 2 is 1.95 bits per heavy atom. The van der Waals surface area contributed by atoms with Gasteiger partial charge in [-0.05, 0) is 74.6 Å². The topological polar surface area (TPSA) is 144 Å². The average molecular weight is 546 g/mol. The molecule has 0 bridgehead atoms. The molecule has 1 aliphatic heterocycles. The molecule has 0 saturated carbocycles. The second kappa shape index (κ2) is 11.1. The Labute approximate surface area is 236 Å². The number of nitriles is 1. The molecular formula is C30H27N9O2. The molecule has 1 atom stereocenters. The van der Waals surface area contributed by atoms with Crippen LogP contribution in [-0.4, -0.2) is 42.0 Å². The third-order valence-corrected chi connectivity index (χ3v) is 7.07. The molecule has 5 aromatic rings. The van der Waals surface area contributed by atoms with Crippen molar-refractivity contribution in [2.45, 2.75) is 39.3 Å². The molecule has 0 aliphatic carbocycles. The highest BCUT2D eigenvalue weighted by atomic mass is 16.5. The summed E-state index contributed by atoms with van der Waals surface area (Å²) in [6, 6.07) is 14.7. The summed E-state index contributed by atoms with van der Waals surface area (Å²) in [4.78, 5) is 35.4. The highest BCUT2D eigenvalue weighted by Gasteiger charge is 2.22. The maximum Gasteiger partial charge on any atom is 0.274 e. The number of pyridine rings is 2. The number of benzene rings is 1. The van der Waals surface area contributed by atoms with Gasteiger partial charge in [-0.25, -0.2) is 24.9 Å². The van der Waals surface area contributed by atoms with E-state index in [1.165, 1.54) is 6.33 Å². The first kappa shape index (κ1) is 26.0. The third-order valence-electron chi connectivity index (χ3n) is 7.07. The normalized spacial score (nSPS) is 14.9. The summed E-state index contributed by atoms with van der Waals surface area (Å²) >= 11 is 0. The number of fused-ring (bicyclic) bond motifs is 1. The van der Waals surface area contributed by atoms with Gasteiger partial charge in [0.05, 0.1) is 6.33 Å². The number of aromatic nitrogens is 6. The first-order valence-corrected chi connectivity index (χ1v) is 13.3. The third kappa shape index (κ3) is 5.20. The van der Waals surface area contributed by atoms with E-state index in [1.807, 2.05) is 47.9 Å². The summed E-state index contributed by atoms with van der Waals surface area (Å²) in [6.07, 6.45) is 7.98. The summed E-state index contributed by atoms with van der Waals surface area (Å²) < 4.78 is 7.94. The van der Waals surface area contributed by atoms with Crippen molar-refractivity contribution in [1.29, 1.82) is 5.26 Å². The van der Waals surface area contributed by atoms with Gasteiger partial charge >= 0.3 is 0 Å². The monoisotopic (exact) mass is 545 g/mol. The smallest absolute Gasteiger partial charge is 0.274 e. The molecule has 0 radical (unpaired) electrons. The van der Waals surface area contributed by atoms with E-state index in [0.717, 1.165) is 42.7 Å². The lowest BCUT2D eigenvalue weighted by Crippen LogP contribution is -2.17. The zero-order chi connectivity index (χ0) is 28.3. The van der Waals surface area contributed by atoms with Crippen LogP contribution >= 0.6 is 0 Å². The molecule has 0 spiro atoms. The van der Waals surface area contributed by atoms with Crippen LogP contribution in [0.1, 0.15) is 52.8 Å². The number of hydrogen-bond acceptors (Lipinski definition) is 9. The van der Waals surface area contributed by atoms with Gasteiger partial charge in [-0.15, -0.1) is 0 Å². The van der Waals surface area contributed by atoms with Gasteiger partial charge in [0.2, 0.25) is 0 Å². The Morgan fingerprint density at radius 1 is 1.07 bits per heavy atom. The number of nitrogens with one attached hydrogen (secondary N) is 2. The van der Waals surface area contributed by atoms with Crippen molar-refractivity contribution in [3.05, 3.63) is 83.8 Å². The van der Waals surface area contributed by atoms with Crippen molar-refractivity contribution in [2.75, 3.05) is 17.2 Å². The quantitative estimate of drug-likeness (QED) is 0.284. The maximum absolute atomic E-state index is 12.9. The highest BCUT2D eigenvalue weighted by Crippen LogP contribution is 2.34. The SMILES string of the molecule is Cc1ccc(NC(=O)c2ccc(C)c(C#N)n2)cc1Nc1ncccc1-c1ncnc2c1ncn2C1CCCCO1. The number of carbonyl (C=O) groups is 1. The summed E-state index contributed by atoms with van der Waals surface area (Å²) in [5.41, 5.74) is 6.16. The minimum atomic E-state index is -0.407. The van der Waals surface area contributed by atoms with Crippen LogP contribution in [0.5, 0.6) is 0 Å². The predicted octanol–water partition coefficient (Wildman–Crippen LogP) is 5.47. The second-order valence-corrected chi connectivity index (χ2v) is 9.85. The number of aryl methyl sites for hydroxylation is 2. The van der Waals surface area contributed by atoms with Crippen LogP contribution < -0.4 is 10.6 Å². The van der Waals surface area contributed by atoms with Crippen LogP contribution in [-0.2, 0) is 4.74 Å². The van der Waals surface area contributed by atoms with Crippen molar-refractivity contribution in [3.63, 3.8) is 0 Å². The molecule has 6 rings (SSSR count). The van der Waals surface area contributed by atoms with Crippen molar-refractivity contribution < 1.29 is 9.53 Å². The lowest BCUT2D eigenvalue weighted by Gasteiger charge is -2.23. The zero-order valence-electron chi connectivity index (χ0n) is 22.6. The van der Waals surface area contributed by atoms with E-state index in [2.05, 4.69) is 35.6 Å². The molecule has 1 fully saturated rings. The molecular weight excluding hydrogens is 518 g/mol. The van der Waals surface area contributed by atoms with Crippen LogP contribution in [0.2, 0.25) is 0 Å². The van der Waals surface area contributed by atoms with E-state index < -0.39 is 5.91 Å². The lowest BCUT2D eigenvalue weighted by atomic mass is 10.1. The molecule has 2 N–H and O–H groups in total. The number of anilines is 3. The number of rotatable bonds is 6. The first-order chi connectivity index (χ1) is 20.0. The van der Waals surface area contributed by atoms with Gasteiger partial charge in [0, 0.05) is 29.7 Å². The van der Waals surface area contributed by atoms with Crippen LogP contribution in [0.4, 0.5) is 17.2 Å². The molecule has 1 unspecified atom stereocenters. The van der Waals surface area contributed by atoms with E-state index in [9.17, 15) is 10.1 Å². The minimum Gasteiger partial charge on any atom is -0.358 e.